The number of aliphatic imine (C=N–C) groups is 1. The van der Waals surface area contributed by atoms with Gasteiger partial charge < -0.3 is 4.74 Å². The van der Waals surface area contributed by atoms with Crippen LogP contribution < -0.4 is 0 Å². The van der Waals surface area contributed by atoms with Crippen molar-refractivity contribution in [2.24, 2.45) is 4.99 Å². The van der Waals surface area contributed by atoms with Crippen LogP contribution in [0, 0.1) is 0 Å². The molecule has 27 heavy (non-hydrogen) atoms. The number of ether oxygens (including phenoxy) is 1. The van der Waals surface area contributed by atoms with Crippen LogP contribution in [0.5, 0.6) is 0 Å². The van der Waals surface area contributed by atoms with E-state index in [4.69, 9.17) is 27.9 Å². The van der Waals surface area contributed by atoms with Gasteiger partial charge in [-0.1, -0.05) is 47.5 Å². The number of nitrogens with zero attached hydrogens (tertiary/aromatic N) is 2. The van der Waals surface area contributed by atoms with E-state index in [-0.39, 0.29) is 22.5 Å². The molecule has 0 atom stereocenters. The van der Waals surface area contributed by atoms with Crippen LogP contribution in [0.1, 0.15) is 23.0 Å². The molecule has 0 unspecified atom stereocenters. The Kier molecular flexibility index (Phi) is 4.34. The summed E-state index contributed by atoms with van der Waals surface area (Å²) in [4.78, 5) is 28.6. The lowest BCUT2D eigenvalue weighted by atomic mass is 10.2. The molecule has 1 aliphatic rings. The van der Waals surface area contributed by atoms with Gasteiger partial charge in [0.05, 0.1) is 26.8 Å². The molecular weight excluding hydrogens is 387 g/mol. The minimum Gasteiger partial charge on any atom is -0.402 e. The highest BCUT2D eigenvalue weighted by Crippen LogP contribution is 2.30. The Bertz CT molecular complexity index is 1180. The van der Waals surface area contributed by atoms with Crippen LogP contribution in [0.2, 0.25) is 10.0 Å². The smallest absolute Gasteiger partial charge is 0.363 e. The predicted octanol–water partition coefficient (Wildman–Crippen LogP) is 4.95. The molecule has 134 valence electrons. The summed E-state index contributed by atoms with van der Waals surface area (Å²) in [5, 5.41) is 1.47. The third-order valence-corrected chi connectivity index (χ3v) is 4.96. The highest BCUT2D eigenvalue weighted by atomic mass is 35.5. The van der Waals surface area contributed by atoms with Crippen molar-refractivity contribution < 1.29 is 14.3 Å². The molecule has 1 aromatic heterocycles. The van der Waals surface area contributed by atoms with Gasteiger partial charge in [0.25, 0.3) is 0 Å². The quantitative estimate of drug-likeness (QED) is 0.453. The maximum absolute atomic E-state index is 12.3. The van der Waals surface area contributed by atoms with Crippen molar-refractivity contribution in [1.29, 1.82) is 0 Å². The summed E-state index contributed by atoms with van der Waals surface area (Å²) in [6.45, 7) is 1.46. The van der Waals surface area contributed by atoms with E-state index in [1.54, 1.807) is 18.2 Å². The summed E-state index contributed by atoms with van der Waals surface area (Å²) < 4.78 is 6.77. The summed E-state index contributed by atoms with van der Waals surface area (Å²) in [7, 11) is 0. The topological polar surface area (TPSA) is 60.7 Å². The summed E-state index contributed by atoms with van der Waals surface area (Å²) in [6, 6.07) is 14.3. The fourth-order valence-electron chi connectivity index (χ4n) is 2.97. The van der Waals surface area contributed by atoms with Gasteiger partial charge in [0.1, 0.15) is 0 Å². The number of fused-ring (bicyclic) bond motifs is 1. The number of hydrogen-bond donors (Lipinski definition) is 0. The lowest BCUT2D eigenvalue weighted by Crippen LogP contribution is -2.08. The van der Waals surface area contributed by atoms with E-state index in [0.29, 0.717) is 16.3 Å². The number of hydrogen-bond acceptors (Lipinski definition) is 4. The molecule has 2 heterocycles. The molecular formula is C20H12Cl2N2O3. The number of carbonyl (C=O) groups is 2. The van der Waals surface area contributed by atoms with Gasteiger partial charge in [-0.15, -0.1) is 0 Å². The molecule has 2 aromatic carbocycles. The molecule has 3 aromatic rings. The fourth-order valence-corrected chi connectivity index (χ4v) is 3.35. The molecule has 7 heteroatoms. The maximum atomic E-state index is 12.3. The van der Waals surface area contributed by atoms with Crippen LogP contribution in [-0.2, 0) is 9.53 Å². The van der Waals surface area contributed by atoms with Crippen molar-refractivity contribution in [1.82, 2.24) is 4.57 Å². The Balaban J connectivity index is 1.83. The molecule has 1 aliphatic heterocycles. The fraction of sp³-hybridized carbons (Fsp3) is 0.0500. The number of rotatable bonds is 2. The summed E-state index contributed by atoms with van der Waals surface area (Å²) >= 11 is 12.2. The van der Waals surface area contributed by atoms with Crippen LogP contribution >= 0.6 is 23.2 Å². The van der Waals surface area contributed by atoms with E-state index in [0.717, 1.165) is 10.9 Å². The van der Waals surface area contributed by atoms with Gasteiger partial charge >= 0.3 is 5.97 Å². The Labute approximate surface area is 164 Å². The van der Waals surface area contributed by atoms with E-state index >= 15 is 0 Å². The highest BCUT2D eigenvalue weighted by Gasteiger charge is 2.27. The van der Waals surface area contributed by atoms with Crippen molar-refractivity contribution in [3.8, 4) is 0 Å². The molecule has 0 N–H and O–H groups in total. The van der Waals surface area contributed by atoms with Gasteiger partial charge in [-0.05, 0) is 30.3 Å². The molecule has 0 fully saturated rings. The largest absolute Gasteiger partial charge is 0.402 e. The lowest BCUT2D eigenvalue weighted by Gasteiger charge is -2.03. The second-order valence-electron chi connectivity index (χ2n) is 5.92. The number of halogens is 2. The third kappa shape index (κ3) is 3.05. The van der Waals surface area contributed by atoms with Crippen molar-refractivity contribution in [2.75, 3.05) is 0 Å². The molecule has 4 rings (SSSR count). The van der Waals surface area contributed by atoms with Crippen LogP contribution in [0.25, 0.3) is 17.0 Å². The standard InChI is InChI=1S/C20H12Cl2N2O3/c1-11(25)24-13(9-12-5-2-3-8-17(12)24)10-16-20(26)27-19(23-16)14-6-4-7-15(21)18(14)22/h2-10H,1H3. The van der Waals surface area contributed by atoms with Gasteiger partial charge in [0.2, 0.25) is 11.8 Å². The number of para-hydroxylation sites is 1. The van der Waals surface area contributed by atoms with Gasteiger partial charge in [-0.3, -0.25) is 9.36 Å². The van der Waals surface area contributed by atoms with Crippen LogP contribution in [0.15, 0.2) is 59.2 Å². The minimum absolute atomic E-state index is 0.0734. The van der Waals surface area contributed by atoms with Crippen LogP contribution in [0.4, 0.5) is 0 Å². The zero-order chi connectivity index (χ0) is 19.1. The van der Waals surface area contributed by atoms with Gasteiger partial charge in [0.15, 0.2) is 5.70 Å². The van der Waals surface area contributed by atoms with E-state index in [1.165, 1.54) is 17.6 Å². The van der Waals surface area contributed by atoms with Gasteiger partial charge in [0, 0.05) is 12.3 Å². The Morgan fingerprint density at radius 3 is 2.70 bits per heavy atom. The van der Waals surface area contributed by atoms with E-state index < -0.39 is 5.97 Å². The summed E-state index contributed by atoms with van der Waals surface area (Å²) in [5.74, 6) is -0.720. The number of cyclic esters (lactones) is 1. The maximum Gasteiger partial charge on any atom is 0.363 e. The first-order chi connectivity index (χ1) is 13.0. The van der Waals surface area contributed by atoms with Gasteiger partial charge in [-0.25, -0.2) is 9.79 Å². The lowest BCUT2D eigenvalue weighted by molar-refractivity contribution is -0.129. The molecule has 0 saturated heterocycles. The summed E-state index contributed by atoms with van der Waals surface area (Å²) in [6.07, 6.45) is 1.52. The zero-order valence-corrected chi connectivity index (χ0v) is 15.6. The second kappa shape index (κ2) is 6.68. The van der Waals surface area contributed by atoms with Gasteiger partial charge in [-0.2, -0.15) is 0 Å². The monoisotopic (exact) mass is 398 g/mol. The first kappa shape index (κ1) is 17.5. The Morgan fingerprint density at radius 1 is 1.15 bits per heavy atom. The van der Waals surface area contributed by atoms with Crippen molar-refractivity contribution in [3.05, 3.63) is 75.5 Å². The van der Waals surface area contributed by atoms with E-state index in [9.17, 15) is 9.59 Å². The molecule has 0 radical (unpaired) electrons. The normalized spacial score (nSPS) is 15.3. The predicted molar refractivity (Wildman–Crippen MR) is 105 cm³/mol. The van der Waals surface area contributed by atoms with Crippen molar-refractivity contribution in [2.45, 2.75) is 6.92 Å². The van der Waals surface area contributed by atoms with Crippen molar-refractivity contribution >= 4 is 58.0 Å². The van der Waals surface area contributed by atoms with E-state index in [1.807, 2.05) is 30.3 Å². The van der Waals surface area contributed by atoms with Crippen LogP contribution in [0.3, 0.4) is 0 Å². The third-order valence-electron chi connectivity index (χ3n) is 4.14. The zero-order valence-electron chi connectivity index (χ0n) is 14.1. The molecule has 0 bridgehead atoms. The average molecular weight is 399 g/mol. The molecule has 0 saturated carbocycles. The average Bonchev–Trinajstić information content (AvgIpc) is 3.18. The second-order valence-corrected chi connectivity index (χ2v) is 6.71. The first-order valence-corrected chi connectivity index (χ1v) is 8.79. The SMILES string of the molecule is CC(=O)n1c(C=C2N=C(c3cccc(Cl)c3Cl)OC2=O)cc2ccccc21. The number of esters is 1. The molecule has 0 aliphatic carbocycles. The Morgan fingerprint density at radius 2 is 1.93 bits per heavy atom. The number of carbonyl (C=O) groups excluding carboxylic acids is 2. The molecule has 0 spiro atoms. The van der Waals surface area contributed by atoms with Crippen LogP contribution in [-0.4, -0.2) is 22.3 Å². The van der Waals surface area contributed by atoms with E-state index in [2.05, 4.69) is 4.99 Å². The molecule has 5 nitrogen and oxygen atoms in total. The minimum atomic E-state index is -0.624. The Hall–Kier alpha value is -2.89. The highest BCUT2D eigenvalue weighted by molar-refractivity contribution is 6.44. The number of benzene rings is 2. The first-order valence-electron chi connectivity index (χ1n) is 8.04. The van der Waals surface area contributed by atoms with Crippen molar-refractivity contribution in [3.63, 3.8) is 0 Å². The number of aromatic nitrogens is 1. The summed E-state index contributed by atoms with van der Waals surface area (Å²) in [5.41, 5.74) is 1.79. The molecule has 0 amide bonds.